The summed E-state index contributed by atoms with van der Waals surface area (Å²) in [6.45, 7) is 0. The Bertz CT molecular complexity index is 749. The largest absolute Gasteiger partial charge is 0.493 e. The van der Waals surface area contributed by atoms with Crippen molar-refractivity contribution in [1.29, 1.82) is 0 Å². The smallest absolute Gasteiger partial charge is 0.283 e. The molecule has 0 radical (unpaired) electrons. The predicted molar refractivity (Wildman–Crippen MR) is 64.4 cm³/mol. The van der Waals surface area contributed by atoms with E-state index in [4.69, 9.17) is 0 Å². The third-order valence-electron chi connectivity index (χ3n) is 2.09. The highest BCUT2D eigenvalue weighted by Gasteiger charge is 2.10. The second-order valence-electron chi connectivity index (χ2n) is 3.38. The number of hydrogen-bond acceptors (Lipinski definition) is 5. The van der Waals surface area contributed by atoms with Gasteiger partial charge in [0.05, 0.1) is 0 Å². The standard InChI is InChI=1S/C10H6F2N4O2S/c11-4-2-1-3-5(12)6(4)15-16-7-8(17)13-10(19)14-9(7)18/h1-3H,(H3,13,14,17,18,19). The number of hydrogen-bond donors (Lipinski definition) is 3. The molecule has 0 saturated heterocycles. The van der Waals surface area contributed by atoms with Crippen molar-refractivity contribution >= 4 is 23.6 Å². The minimum Gasteiger partial charge on any atom is -0.493 e. The summed E-state index contributed by atoms with van der Waals surface area (Å²) in [5, 5.41) is 16.0. The number of H-pyrrole nitrogens is 2. The van der Waals surface area contributed by atoms with Crippen molar-refractivity contribution in [2.45, 2.75) is 0 Å². The first-order valence-corrected chi connectivity index (χ1v) is 5.31. The van der Waals surface area contributed by atoms with Crippen molar-refractivity contribution in [3.05, 3.63) is 45.0 Å². The van der Waals surface area contributed by atoms with Crippen molar-refractivity contribution in [2.75, 3.05) is 0 Å². The van der Waals surface area contributed by atoms with Crippen LogP contribution in [0.2, 0.25) is 0 Å². The van der Waals surface area contributed by atoms with E-state index in [1.807, 2.05) is 0 Å². The van der Waals surface area contributed by atoms with E-state index in [1.165, 1.54) is 0 Å². The lowest BCUT2D eigenvalue weighted by Gasteiger charge is -1.98. The van der Waals surface area contributed by atoms with Crippen LogP contribution in [0.5, 0.6) is 5.88 Å². The minimum atomic E-state index is -0.941. The van der Waals surface area contributed by atoms with Gasteiger partial charge in [0.1, 0.15) is 0 Å². The summed E-state index contributed by atoms with van der Waals surface area (Å²) < 4.78 is 26.4. The molecule has 9 heteroatoms. The van der Waals surface area contributed by atoms with Gasteiger partial charge in [-0.05, 0) is 24.4 Å². The monoisotopic (exact) mass is 284 g/mol. The third-order valence-corrected chi connectivity index (χ3v) is 2.29. The average molecular weight is 284 g/mol. The highest BCUT2D eigenvalue weighted by atomic mass is 32.1. The van der Waals surface area contributed by atoms with Crippen molar-refractivity contribution in [3.8, 4) is 5.88 Å². The molecular weight excluding hydrogens is 278 g/mol. The molecule has 0 aliphatic rings. The molecule has 0 unspecified atom stereocenters. The summed E-state index contributed by atoms with van der Waals surface area (Å²) in [4.78, 5) is 15.8. The second kappa shape index (κ2) is 5.06. The van der Waals surface area contributed by atoms with Crippen molar-refractivity contribution in [3.63, 3.8) is 0 Å². The number of halogens is 2. The molecule has 19 heavy (non-hydrogen) atoms. The molecule has 0 saturated carbocycles. The molecule has 0 atom stereocenters. The van der Waals surface area contributed by atoms with Gasteiger partial charge in [0, 0.05) is 0 Å². The normalized spacial score (nSPS) is 11.1. The molecule has 0 spiro atoms. The molecule has 6 nitrogen and oxygen atoms in total. The Kier molecular flexibility index (Phi) is 3.47. The maximum atomic E-state index is 13.3. The molecule has 0 fully saturated rings. The molecule has 1 aromatic heterocycles. The fourth-order valence-corrected chi connectivity index (χ4v) is 1.43. The summed E-state index contributed by atoms with van der Waals surface area (Å²) in [6.07, 6.45) is 0. The van der Waals surface area contributed by atoms with Gasteiger partial charge in [0.2, 0.25) is 11.6 Å². The first-order valence-electron chi connectivity index (χ1n) is 4.90. The number of aromatic amines is 2. The zero-order valence-corrected chi connectivity index (χ0v) is 9.96. The topological polar surface area (TPSA) is 93.6 Å². The summed E-state index contributed by atoms with van der Waals surface area (Å²) in [5.41, 5.74) is -2.03. The molecular formula is C10H6F2N4O2S. The molecule has 0 aliphatic heterocycles. The number of nitrogens with zero attached hydrogens (tertiary/aromatic N) is 2. The molecule has 98 valence electrons. The van der Waals surface area contributed by atoms with E-state index in [1.54, 1.807) is 0 Å². The summed E-state index contributed by atoms with van der Waals surface area (Å²) >= 11 is 4.60. The van der Waals surface area contributed by atoms with Crippen LogP contribution in [0.4, 0.5) is 20.2 Å². The van der Waals surface area contributed by atoms with Gasteiger partial charge < -0.3 is 10.1 Å². The summed E-state index contributed by atoms with van der Waals surface area (Å²) in [6, 6.07) is 3.13. The Morgan fingerprint density at radius 1 is 1.11 bits per heavy atom. The Balaban J connectivity index is 2.50. The number of nitrogens with one attached hydrogen (secondary N) is 2. The Hall–Kier alpha value is -2.42. The average Bonchev–Trinajstić information content (AvgIpc) is 2.31. The van der Waals surface area contributed by atoms with E-state index < -0.39 is 34.4 Å². The summed E-state index contributed by atoms with van der Waals surface area (Å²) in [5.74, 6) is -2.53. The van der Waals surface area contributed by atoms with Crippen LogP contribution in [0.3, 0.4) is 0 Å². The van der Waals surface area contributed by atoms with Crippen molar-refractivity contribution in [2.24, 2.45) is 10.2 Å². The van der Waals surface area contributed by atoms with E-state index in [0.717, 1.165) is 18.2 Å². The van der Waals surface area contributed by atoms with Gasteiger partial charge in [-0.15, -0.1) is 10.2 Å². The fraction of sp³-hybridized carbons (Fsp3) is 0. The van der Waals surface area contributed by atoms with Gasteiger partial charge in [-0.25, -0.2) is 8.78 Å². The maximum absolute atomic E-state index is 13.3. The van der Waals surface area contributed by atoms with Gasteiger partial charge in [-0.2, -0.15) is 0 Å². The van der Waals surface area contributed by atoms with E-state index in [2.05, 4.69) is 32.4 Å². The first-order chi connectivity index (χ1) is 8.99. The van der Waals surface area contributed by atoms with E-state index in [9.17, 15) is 18.7 Å². The van der Waals surface area contributed by atoms with Crippen LogP contribution in [0.1, 0.15) is 0 Å². The van der Waals surface area contributed by atoms with Gasteiger partial charge in [0.25, 0.3) is 5.56 Å². The number of rotatable bonds is 2. The molecule has 2 aromatic rings. The zero-order valence-electron chi connectivity index (χ0n) is 9.15. The lowest BCUT2D eigenvalue weighted by molar-refractivity contribution is 0.451. The molecule has 0 aliphatic carbocycles. The molecule has 0 amide bonds. The van der Waals surface area contributed by atoms with E-state index in [-0.39, 0.29) is 4.77 Å². The van der Waals surface area contributed by atoms with Crippen LogP contribution in [0.25, 0.3) is 0 Å². The maximum Gasteiger partial charge on any atom is 0.283 e. The Morgan fingerprint density at radius 2 is 1.68 bits per heavy atom. The quantitative estimate of drug-likeness (QED) is 0.584. The lowest BCUT2D eigenvalue weighted by Crippen LogP contribution is -2.06. The molecule has 3 N–H and O–H groups in total. The van der Waals surface area contributed by atoms with Crippen LogP contribution in [-0.4, -0.2) is 15.1 Å². The van der Waals surface area contributed by atoms with E-state index >= 15 is 0 Å². The SMILES string of the molecule is O=c1[nH]c(=S)[nH]c(O)c1N=Nc1c(F)cccc1F. The number of aromatic nitrogens is 2. The number of benzene rings is 1. The highest BCUT2D eigenvalue weighted by Crippen LogP contribution is 2.25. The zero-order chi connectivity index (χ0) is 14.0. The second-order valence-corrected chi connectivity index (χ2v) is 3.78. The van der Waals surface area contributed by atoms with E-state index in [0.29, 0.717) is 0 Å². The van der Waals surface area contributed by atoms with Gasteiger partial charge in [-0.3, -0.25) is 9.78 Å². The number of aromatic hydroxyl groups is 1. The van der Waals surface area contributed by atoms with Crippen LogP contribution in [-0.2, 0) is 0 Å². The first kappa shape index (κ1) is 13.0. The van der Waals surface area contributed by atoms with Crippen molar-refractivity contribution in [1.82, 2.24) is 9.97 Å². The lowest BCUT2D eigenvalue weighted by atomic mass is 10.3. The van der Waals surface area contributed by atoms with Crippen molar-refractivity contribution < 1.29 is 13.9 Å². The molecule has 1 aromatic carbocycles. The predicted octanol–water partition coefficient (Wildman–Crippen LogP) is 2.83. The van der Waals surface area contributed by atoms with Gasteiger partial charge >= 0.3 is 0 Å². The van der Waals surface area contributed by atoms with Crippen LogP contribution >= 0.6 is 12.2 Å². The third kappa shape index (κ3) is 2.71. The minimum absolute atomic E-state index is 0.112. The molecule has 1 heterocycles. The summed E-state index contributed by atoms with van der Waals surface area (Å²) in [7, 11) is 0. The van der Waals surface area contributed by atoms with Gasteiger partial charge in [0.15, 0.2) is 22.1 Å². The Morgan fingerprint density at radius 3 is 2.26 bits per heavy atom. The molecule has 2 rings (SSSR count). The van der Waals surface area contributed by atoms with Crippen LogP contribution in [0.15, 0.2) is 33.2 Å². The highest BCUT2D eigenvalue weighted by molar-refractivity contribution is 7.71. The fourth-order valence-electron chi connectivity index (χ4n) is 1.25. The van der Waals surface area contributed by atoms with Gasteiger partial charge in [-0.1, -0.05) is 6.07 Å². The van der Waals surface area contributed by atoms with Crippen LogP contribution in [0, 0.1) is 16.4 Å². The van der Waals surface area contributed by atoms with Crippen LogP contribution < -0.4 is 5.56 Å². The number of azo groups is 1. The Labute approximate surface area is 109 Å². The molecule has 0 bridgehead atoms.